The second kappa shape index (κ2) is 7.89. The summed E-state index contributed by atoms with van der Waals surface area (Å²) in [5.74, 6) is 0.717. The summed E-state index contributed by atoms with van der Waals surface area (Å²) in [6.07, 6.45) is 7.82. The number of hydrogen-bond donors (Lipinski definition) is 2. The zero-order chi connectivity index (χ0) is 19.5. The number of hydrogen-bond acceptors (Lipinski definition) is 4. The first-order valence-electron chi connectivity index (χ1n) is 9.84. The van der Waals surface area contributed by atoms with Gasteiger partial charge in [-0.3, -0.25) is 4.79 Å². The fourth-order valence-electron chi connectivity index (χ4n) is 3.86. The van der Waals surface area contributed by atoms with Gasteiger partial charge >= 0.3 is 0 Å². The maximum Gasteiger partial charge on any atom is 0.250 e. The van der Waals surface area contributed by atoms with Crippen LogP contribution < -0.4 is 15.8 Å². The van der Waals surface area contributed by atoms with E-state index in [-0.39, 0.29) is 0 Å². The highest BCUT2D eigenvalue weighted by atomic mass is 16.5. The lowest BCUT2D eigenvalue weighted by atomic mass is 9.95. The Balaban J connectivity index is 1.67. The van der Waals surface area contributed by atoms with Gasteiger partial charge in [0.15, 0.2) is 0 Å². The number of carbonyl (C=O) groups excluding carboxylic acids is 1. The molecule has 0 radical (unpaired) electrons. The smallest absolute Gasteiger partial charge is 0.250 e. The third-order valence-electron chi connectivity index (χ3n) is 5.40. The number of aromatic nitrogens is 1. The first-order chi connectivity index (χ1) is 13.6. The zero-order valence-electron chi connectivity index (χ0n) is 16.1. The van der Waals surface area contributed by atoms with Crippen molar-refractivity contribution in [1.82, 2.24) is 4.98 Å². The molecule has 1 heterocycles. The van der Waals surface area contributed by atoms with Gasteiger partial charge in [-0.2, -0.15) is 0 Å². The van der Waals surface area contributed by atoms with E-state index < -0.39 is 5.91 Å². The summed E-state index contributed by atoms with van der Waals surface area (Å²) in [4.78, 5) is 15.5. The van der Waals surface area contributed by atoms with E-state index in [1.165, 1.54) is 38.3 Å². The standard InChI is InChI=1S/C23H25N3O2/c1-15-10-12-18-19(8-5-9-20(18)26-17-6-3-2-4-7-17)22(15)28-21-13-11-16(14-25-21)23(24)27/h5,8-14,17,26H,2-4,6-7H2,1H3,(H2,24,27). The summed E-state index contributed by atoms with van der Waals surface area (Å²) in [5, 5.41) is 5.92. The van der Waals surface area contributed by atoms with Gasteiger partial charge in [0.25, 0.3) is 0 Å². The lowest BCUT2D eigenvalue weighted by Gasteiger charge is -2.25. The third-order valence-corrected chi connectivity index (χ3v) is 5.40. The summed E-state index contributed by atoms with van der Waals surface area (Å²) in [6, 6.07) is 14.3. The van der Waals surface area contributed by atoms with Crippen molar-refractivity contribution in [2.75, 3.05) is 5.32 Å². The van der Waals surface area contributed by atoms with Gasteiger partial charge in [-0.1, -0.05) is 43.5 Å². The molecule has 0 atom stereocenters. The van der Waals surface area contributed by atoms with Crippen LogP contribution in [0.1, 0.15) is 48.0 Å². The van der Waals surface area contributed by atoms with Crippen LogP contribution in [0.5, 0.6) is 11.6 Å². The van der Waals surface area contributed by atoms with Crippen LogP contribution >= 0.6 is 0 Å². The second-order valence-corrected chi connectivity index (χ2v) is 7.44. The minimum absolute atomic E-state index is 0.362. The maximum absolute atomic E-state index is 11.2. The molecule has 1 saturated carbocycles. The number of fused-ring (bicyclic) bond motifs is 1. The van der Waals surface area contributed by atoms with E-state index >= 15 is 0 Å². The molecule has 3 N–H and O–H groups in total. The molecule has 0 unspecified atom stereocenters. The van der Waals surface area contributed by atoms with Gasteiger partial charge in [0.05, 0.1) is 5.56 Å². The molecular formula is C23H25N3O2. The summed E-state index contributed by atoms with van der Waals surface area (Å²) < 4.78 is 6.11. The molecule has 1 aliphatic carbocycles. The number of nitrogens with two attached hydrogens (primary N) is 1. The molecule has 28 heavy (non-hydrogen) atoms. The average Bonchev–Trinajstić information content (AvgIpc) is 2.71. The predicted molar refractivity (Wildman–Crippen MR) is 112 cm³/mol. The van der Waals surface area contributed by atoms with E-state index in [0.29, 0.717) is 17.5 Å². The van der Waals surface area contributed by atoms with Crippen LogP contribution in [0.25, 0.3) is 10.8 Å². The SMILES string of the molecule is Cc1ccc2c(NC3CCCCC3)cccc2c1Oc1ccc(C(N)=O)cn1. The van der Waals surface area contributed by atoms with Gasteiger partial charge in [-0.15, -0.1) is 0 Å². The lowest BCUT2D eigenvalue weighted by Crippen LogP contribution is -2.22. The minimum atomic E-state index is -0.501. The molecule has 144 valence electrons. The van der Waals surface area contributed by atoms with Gasteiger partial charge < -0.3 is 15.8 Å². The molecule has 0 saturated heterocycles. The molecule has 1 aliphatic rings. The molecule has 5 nitrogen and oxygen atoms in total. The number of ether oxygens (including phenoxy) is 1. The van der Waals surface area contributed by atoms with Crippen LogP contribution in [0.4, 0.5) is 5.69 Å². The molecule has 1 fully saturated rings. The van der Waals surface area contributed by atoms with E-state index in [1.807, 2.05) is 6.92 Å². The molecule has 1 amide bonds. The molecule has 0 spiro atoms. The Morgan fingerprint density at radius 3 is 2.61 bits per heavy atom. The van der Waals surface area contributed by atoms with Crippen LogP contribution in [0, 0.1) is 6.92 Å². The highest BCUT2D eigenvalue weighted by Crippen LogP contribution is 2.36. The van der Waals surface area contributed by atoms with Gasteiger partial charge in [0, 0.05) is 34.8 Å². The number of anilines is 1. The number of aryl methyl sites for hydroxylation is 1. The van der Waals surface area contributed by atoms with E-state index in [9.17, 15) is 4.79 Å². The summed E-state index contributed by atoms with van der Waals surface area (Å²) >= 11 is 0. The van der Waals surface area contributed by atoms with Crippen molar-refractivity contribution in [2.45, 2.75) is 45.1 Å². The van der Waals surface area contributed by atoms with Crippen LogP contribution in [-0.4, -0.2) is 16.9 Å². The molecule has 2 aromatic carbocycles. The molecule has 5 heteroatoms. The number of nitrogens with one attached hydrogen (secondary N) is 1. The molecular weight excluding hydrogens is 350 g/mol. The Morgan fingerprint density at radius 2 is 1.89 bits per heavy atom. The zero-order valence-corrected chi connectivity index (χ0v) is 16.1. The largest absolute Gasteiger partial charge is 0.438 e. The van der Waals surface area contributed by atoms with Crippen LogP contribution in [0.15, 0.2) is 48.7 Å². The van der Waals surface area contributed by atoms with E-state index in [1.54, 1.807) is 12.1 Å². The number of carbonyl (C=O) groups is 1. The molecule has 4 rings (SSSR count). The van der Waals surface area contributed by atoms with Crippen molar-refractivity contribution in [3.05, 3.63) is 59.8 Å². The number of nitrogens with zero attached hydrogens (tertiary/aromatic N) is 1. The number of benzene rings is 2. The highest BCUT2D eigenvalue weighted by Gasteiger charge is 2.16. The number of primary amides is 1. The highest BCUT2D eigenvalue weighted by molar-refractivity contribution is 5.98. The van der Waals surface area contributed by atoms with Crippen LogP contribution in [0.3, 0.4) is 0 Å². The van der Waals surface area contributed by atoms with Crippen LogP contribution in [0.2, 0.25) is 0 Å². The van der Waals surface area contributed by atoms with Crippen molar-refractivity contribution < 1.29 is 9.53 Å². The third kappa shape index (κ3) is 3.79. The van der Waals surface area contributed by atoms with E-state index in [2.05, 4.69) is 40.6 Å². The first-order valence-corrected chi connectivity index (χ1v) is 9.84. The Labute approximate surface area is 164 Å². The van der Waals surface area contributed by atoms with E-state index in [0.717, 1.165) is 27.8 Å². The summed E-state index contributed by atoms with van der Waals surface area (Å²) in [7, 11) is 0. The number of amides is 1. The Kier molecular flexibility index (Phi) is 5.15. The normalized spacial score (nSPS) is 14.8. The van der Waals surface area contributed by atoms with Gasteiger partial charge in [-0.05, 0) is 37.5 Å². The summed E-state index contributed by atoms with van der Waals surface area (Å²) in [5.41, 5.74) is 7.82. The monoisotopic (exact) mass is 375 g/mol. The predicted octanol–water partition coefficient (Wildman–Crippen LogP) is 5.18. The summed E-state index contributed by atoms with van der Waals surface area (Å²) in [6.45, 7) is 2.02. The average molecular weight is 375 g/mol. The number of rotatable bonds is 5. The Bertz CT molecular complexity index is 993. The van der Waals surface area contributed by atoms with Crippen molar-refractivity contribution in [3.8, 4) is 11.6 Å². The fraction of sp³-hybridized carbons (Fsp3) is 0.304. The van der Waals surface area contributed by atoms with Crippen molar-refractivity contribution in [2.24, 2.45) is 5.73 Å². The molecule has 3 aromatic rings. The molecule has 0 bridgehead atoms. The first kappa shape index (κ1) is 18.3. The second-order valence-electron chi connectivity index (χ2n) is 7.44. The Hall–Kier alpha value is -3.08. The van der Waals surface area contributed by atoms with Gasteiger partial charge in [0.1, 0.15) is 5.75 Å². The van der Waals surface area contributed by atoms with Crippen molar-refractivity contribution in [3.63, 3.8) is 0 Å². The van der Waals surface area contributed by atoms with Gasteiger partial charge in [0.2, 0.25) is 11.8 Å². The molecule has 1 aromatic heterocycles. The van der Waals surface area contributed by atoms with E-state index in [4.69, 9.17) is 10.5 Å². The van der Waals surface area contributed by atoms with Crippen LogP contribution in [-0.2, 0) is 0 Å². The molecule has 0 aliphatic heterocycles. The minimum Gasteiger partial charge on any atom is -0.438 e. The van der Waals surface area contributed by atoms with Gasteiger partial charge in [-0.25, -0.2) is 4.98 Å². The topological polar surface area (TPSA) is 77.2 Å². The maximum atomic E-state index is 11.2. The quantitative estimate of drug-likeness (QED) is 0.644. The fourth-order valence-corrected chi connectivity index (χ4v) is 3.86. The number of pyridine rings is 1. The van der Waals surface area contributed by atoms with Crippen molar-refractivity contribution in [1.29, 1.82) is 0 Å². The van der Waals surface area contributed by atoms with Crippen molar-refractivity contribution >= 4 is 22.4 Å². The lowest BCUT2D eigenvalue weighted by molar-refractivity contribution is 0.1000. The Morgan fingerprint density at radius 1 is 1.07 bits per heavy atom.